The molecule has 7 nitrogen and oxygen atoms in total. The fraction of sp³-hybridized carbons (Fsp3) is 0.409. The zero-order valence-corrected chi connectivity index (χ0v) is 18.4. The molecule has 1 amide bonds. The molecule has 1 heterocycles. The smallest absolute Gasteiger partial charge is 0.264 e. The molecule has 1 N–H and O–H groups in total. The van der Waals surface area contributed by atoms with E-state index in [2.05, 4.69) is 10.2 Å². The number of sulfonamides is 1. The Morgan fingerprint density at radius 2 is 1.67 bits per heavy atom. The third-order valence-electron chi connectivity index (χ3n) is 5.10. The number of ether oxygens (including phenoxy) is 1. The van der Waals surface area contributed by atoms with Crippen molar-refractivity contribution in [3.05, 3.63) is 60.2 Å². The zero-order chi connectivity index (χ0) is 21.7. The minimum atomic E-state index is -3.69. The van der Waals surface area contributed by atoms with Crippen LogP contribution < -0.4 is 9.62 Å². The van der Waals surface area contributed by atoms with Gasteiger partial charge in [-0.1, -0.05) is 18.2 Å². The maximum atomic E-state index is 12.8. The standard InChI is InChI=1S/C22H29N3O4S/c1-17-15-25(16-18(2)29-17)14-13-23-22(26)19-9-11-21(12-10-19)30(27,28)24(3)20-7-5-4-6-8-20/h4-12,17-18H,13-16H2,1-3H3,(H,23,26). The summed E-state index contributed by atoms with van der Waals surface area (Å²) < 4.78 is 32.6. The maximum absolute atomic E-state index is 12.8. The average molecular weight is 432 g/mol. The molecule has 30 heavy (non-hydrogen) atoms. The Morgan fingerprint density at radius 1 is 1.07 bits per heavy atom. The normalized spacial score (nSPS) is 20.0. The van der Waals surface area contributed by atoms with Gasteiger partial charge in [-0.25, -0.2) is 8.42 Å². The van der Waals surface area contributed by atoms with Crippen LogP contribution >= 0.6 is 0 Å². The molecule has 8 heteroatoms. The molecule has 0 aromatic heterocycles. The molecule has 2 unspecified atom stereocenters. The van der Waals surface area contributed by atoms with Crippen LogP contribution in [0.1, 0.15) is 24.2 Å². The van der Waals surface area contributed by atoms with E-state index in [1.54, 1.807) is 36.4 Å². The monoisotopic (exact) mass is 431 g/mol. The van der Waals surface area contributed by atoms with Gasteiger partial charge in [0.15, 0.2) is 0 Å². The van der Waals surface area contributed by atoms with Crippen molar-refractivity contribution < 1.29 is 17.9 Å². The number of carbonyl (C=O) groups is 1. The topological polar surface area (TPSA) is 79.0 Å². The first-order valence-corrected chi connectivity index (χ1v) is 11.5. The molecule has 2 atom stereocenters. The Balaban J connectivity index is 1.57. The highest BCUT2D eigenvalue weighted by Gasteiger charge is 2.23. The Bertz CT molecular complexity index is 938. The minimum Gasteiger partial charge on any atom is -0.373 e. The third-order valence-corrected chi connectivity index (χ3v) is 6.90. The molecule has 1 saturated heterocycles. The van der Waals surface area contributed by atoms with E-state index in [-0.39, 0.29) is 23.0 Å². The number of para-hydroxylation sites is 1. The fourth-order valence-electron chi connectivity index (χ4n) is 3.61. The lowest BCUT2D eigenvalue weighted by Gasteiger charge is -2.35. The largest absolute Gasteiger partial charge is 0.373 e. The molecule has 0 radical (unpaired) electrons. The van der Waals surface area contributed by atoms with Gasteiger partial charge in [0.05, 0.1) is 22.8 Å². The van der Waals surface area contributed by atoms with Crippen LogP contribution in [-0.4, -0.2) is 64.7 Å². The number of rotatable bonds is 7. The predicted molar refractivity (Wildman–Crippen MR) is 117 cm³/mol. The highest BCUT2D eigenvalue weighted by molar-refractivity contribution is 7.92. The predicted octanol–water partition coefficient (Wildman–Crippen LogP) is 2.35. The molecule has 0 saturated carbocycles. The molecule has 1 aliphatic heterocycles. The number of hydrogen-bond acceptors (Lipinski definition) is 5. The van der Waals surface area contributed by atoms with E-state index in [1.807, 2.05) is 19.9 Å². The summed E-state index contributed by atoms with van der Waals surface area (Å²) in [6.45, 7) is 7.06. The summed E-state index contributed by atoms with van der Waals surface area (Å²) in [5.74, 6) is -0.218. The average Bonchev–Trinajstić information content (AvgIpc) is 2.73. The molecule has 3 rings (SSSR count). The van der Waals surface area contributed by atoms with Gasteiger partial charge in [-0.2, -0.15) is 0 Å². The van der Waals surface area contributed by atoms with Crippen molar-refractivity contribution in [2.75, 3.05) is 37.5 Å². The second-order valence-corrected chi connectivity index (χ2v) is 9.57. The van der Waals surface area contributed by atoms with Crippen molar-refractivity contribution in [2.45, 2.75) is 31.0 Å². The lowest BCUT2D eigenvalue weighted by atomic mass is 10.2. The summed E-state index contributed by atoms with van der Waals surface area (Å²) in [5.41, 5.74) is 1.01. The van der Waals surface area contributed by atoms with Crippen LogP contribution in [0.2, 0.25) is 0 Å². The lowest BCUT2D eigenvalue weighted by Crippen LogP contribution is -2.47. The summed E-state index contributed by atoms with van der Waals surface area (Å²) in [6.07, 6.45) is 0.376. The Hall–Kier alpha value is -2.42. The number of nitrogens with zero attached hydrogens (tertiary/aromatic N) is 2. The molecule has 0 aliphatic carbocycles. The molecule has 0 bridgehead atoms. The van der Waals surface area contributed by atoms with Crippen LogP contribution in [0.4, 0.5) is 5.69 Å². The molecule has 1 fully saturated rings. The number of benzene rings is 2. The van der Waals surface area contributed by atoms with Gasteiger partial charge in [0, 0.05) is 38.8 Å². The summed E-state index contributed by atoms with van der Waals surface area (Å²) in [5, 5.41) is 2.90. The van der Waals surface area contributed by atoms with Gasteiger partial charge < -0.3 is 10.1 Å². The number of hydrogen-bond donors (Lipinski definition) is 1. The van der Waals surface area contributed by atoms with Crippen LogP contribution in [-0.2, 0) is 14.8 Å². The molecular weight excluding hydrogens is 402 g/mol. The first-order chi connectivity index (χ1) is 14.3. The van der Waals surface area contributed by atoms with Gasteiger partial charge in [0.2, 0.25) is 0 Å². The van der Waals surface area contributed by atoms with Gasteiger partial charge in [-0.05, 0) is 50.2 Å². The highest BCUT2D eigenvalue weighted by Crippen LogP contribution is 2.21. The Kier molecular flexibility index (Phi) is 7.12. The lowest BCUT2D eigenvalue weighted by molar-refractivity contribution is -0.0672. The number of morpholine rings is 1. The molecule has 162 valence electrons. The number of amides is 1. The van der Waals surface area contributed by atoms with Crippen LogP contribution in [0.5, 0.6) is 0 Å². The minimum absolute atomic E-state index is 0.140. The Morgan fingerprint density at radius 3 is 2.27 bits per heavy atom. The van der Waals surface area contributed by atoms with Crippen LogP contribution in [0.15, 0.2) is 59.5 Å². The van der Waals surface area contributed by atoms with E-state index in [9.17, 15) is 13.2 Å². The Labute approximate surface area is 178 Å². The van der Waals surface area contributed by atoms with Crippen LogP contribution in [0.25, 0.3) is 0 Å². The first-order valence-electron chi connectivity index (χ1n) is 10.1. The van der Waals surface area contributed by atoms with E-state index in [0.29, 0.717) is 17.8 Å². The number of anilines is 1. The first kappa shape index (κ1) is 22.3. The van der Waals surface area contributed by atoms with E-state index in [4.69, 9.17) is 4.74 Å². The second-order valence-electron chi connectivity index (χ2n) is 7.61. The molecule has 2 aromatic rings. The molecule has 2 aromatic carbocycles. The van der Waals surface area contributed by atoms with Gasteiger partial charge in [0.1, 0.15) is 0 Å². The summed E-state index contributed by atoms with van der Waals surface area (Å²) in [7, 11) is -2.18. The summed E-state index contributed by atoms with van der Waals surface area (Å²) in [4.78, 5) is 14.8. The van der Waals surface area contributed by atoms with Gasteiger partial charge in [-0.15, -0.1) is 0 Å². The second kappa shape index (κ2) is 9.59. The molecular formula is C22H29N3O4S. The van der Waals surface area contributed by atoms with Gasteiger partial charge >= 0.3 is 0 Å². The zero-order valence-electron chi connectivity index (χ0n) is 17.6. The van der Waals surface area contributed by atoms with E-state index >= 15 is 0 Å². The van der Waals surface area contributed by atoms with Crippen molar-refractivity contribution in [1.82, 2.24) is 10.2 Å². The molecule has 0 spiro atoms. The maximum Gasteiger partial charge on any atom is 0.264 e. The summed E-state index contributed by atoms with van der Waals surface area (Å²) in [6, 6.07) is 14.9. The van der Waals surface area contributed by atoms with Crippen molar-refractivity contribution in [2.24, 2.45) is 0 Å². The van der Waals surface area contributed by atoms with E-state index in [1.165, 1.54) is 23.5 Å². The van der Waals surface area contributed by atoms with Gasteiger partial charge in [0.25, 0.3) is 15.9 Å². The molecule has 1 aliphatic rings. The highest BCUT2D eigenvalue weighted by atomic mass is 32.2. The summed E-state index contributed by atoms with van der Waals surface area (Å²) >= 11 is 0. The van der Waals surface area contributed by atoms with Crippen molar-refractivity contribution in [3.63, 3.8) is 0 Å². The van der Waals surface area contributed by atoms with Crippen LogP contribution in [0, 0.1) is 0 Å². The van der Waals surface area contributed by atoms with Crippen LogP contribution in [0.3, 0.4) is 0 Å². The van der Waals surface area contributed by atoms with Crippen molar-refractivity contribution in [3.8, 4) is 0 Å². The number of nitrogens with one attached hydrogen (secondary N) is 1. The fourth-order valence-corrected chi connectivity index (χ4v) is 4.81. The van der Waals surface area contributed by atoms with Crippen molar-refractivity contribution in [1.29, 1.82) is 0 Å². The van der Waals surface area contributed by atoms with Crippen molar-refractivity contribution >= 4 is 21.6 Å². The van der Waals surface area contributed by atoms with Gasteiger partial charge in [-0.3, -0.25) is 14.0 Å². The number of carbonyl (C=O) groups excluding carboxylic acids is 1. The van der Waals surface area contributed by atoms with E-state index < -0.39 is 10.0 Å². The quantitative estimate of drug-likeness (QED) is 0.728. The van der Waals surface area contributed by atoms with E-state index in [0.717, 1.165) is 19.6 Å². The third kappa shape index (κ3) is 5.38. The SMILES string of the molecule is CC1CN(CCNC(=O)c2ccc(S(=O)(=O)N(C)c3ccccc3)cc2)CC(C)O1.